The fourth-order valence-corrected chi connectivity index (χ4v) is 2.20. The number of allylic oxidation sites excluding steroid dienone is 1. The maximum Gasteiger partial charge on any atom is 0.195 e. The molecule has 5 heteroatoms. The molecule has 106 valence electrons. The van der Waals surface area contributed by atoms with Gasteiger partial charge in [0.05, 0.1) is 0 Å². The van der Waals surface area contributed by atoms with Crippen molar-refractivity contribution in [2.24, 2.45) is 0 Å². The summed E-state index contributed by atoms with van der Waals surface area (Å²) in [5, 5.41) is 7.04. The van der Waals surface area contributed by atoms with E-state index in [1.54, 1.807) is 6.08 Å². The molecule has 0 saturated carbocycles. The van der Waals surface area contributed by atoms with Gasteiger partial charge in [0, 0.05) is 6.54 Å². The number of hydrogen-bond acceptors (Lipinski definition) is 3. The fraction of sp³-hybridized carbons (Fsp3) is 0.333. The summed E-state index contributed by atoms with van der Waals surface area (Å²) in [4.78, 5) is 0. The Balaban J connectivity index is 2.23. The maximum atomic E-state index is 5.95. The summed E-state index contributed by atoms with van der Waals surface area (Å²) in [5.74, 6) is 1.60. The minimum atomic E-state index is -0.190. The molecule has 1 aromatic carbocycles. The molecule has 0 amide bonds. The standard InChI is InChI=1S/C15H19N3OS/c1-5-8-18-14(16-17-15(18)20)12(4)19-13-7-6-10(2)11(3)9-13/h5-7,9,12H,1,8H2,2-4H3,(H,17,20)/t12-/m1/s1. The molecular formula is C15H19N3OS. The van der Waals surface area contributed by atoms with Gasteiger partial charge in [-0.3, -0.25) is 9.67 Å². The Morgan fingerprint density at radius 3 is 2.85 bits per heavy atom. The van der Waals surface area contributed by atoms with Crippen LogP contribution in [0.25, 0.3) is 0 Å². The highest BCUT2D eigenvalue weighted by Crippen LogP contribution is 2.23. The van der Waals surface area contributed by atoms with E-state index in [0.29, 0.717) is 11.3 Å². The Morgan fingerprint density at radius 1 is 1.45 bits per heavy atom. The summed E-state index contributed by atoms with van der Waals surface area (Å²) in [6, 6.07) is 6.06. The number of aryl methyl sites for hydroxylation is 2. The van der Waals surface area contributed by atoms with Crippen molar-refractivity contribution in [1.82, 2.24) is 14.8 Å². The van der Waals surface area contributed by atoms with Crippen LogP contribution in [0.5, 0.6) is 5.75 Å². The first kappa shape index (κ1) is 14.5. The van der Waals surface area contributed by atoms with Crippen LogP contribution in [0.3, 0.4) is 0 Å². The van der Waals surface area contributed by atoms with Gasteiger partial charge in [-0.15, -0.1) is 6.58 Å². The van der Waals surface area contributed by atoms with Gasteiger partial charge < -0.3 is 4.74 Å². The molecule has 0 unspecified atom stereocenters. The maximum absolute atomic E-state index is 5.95. The van der Waals surface area contributed by atoms with E-state index >= 15 is 0 Å². The molecule has 0 aliphatic rings. The van der Waals surface area contributed by atoms with Crippen LogP contribution in [0.4, 0.5) is 0 Å². The Hall–Kier alpha value is -1.88. The van der Waals surface area contributed by atoms with E-state index in [0.717, 1.165) is 11.6 Å². The average Bonchev–Trinajstić information content (AvgIpc) is 2.76. The lowest BCUT2D eigenvalue weighted by atomic mass is 10.1. The first-order valence-corrected chi connectivity index (χ1v) is 6.93. The van der Waals surface area contributed by atoms with Gasteiger partial charge in [0.25, 0.3) is 0 Å². The number of aromatic nitrogens is 3. The van der Waals surface area contributed by atoms with E-state index in [-0.39, 0.29) is 6.10 Å². The number of hydrogen-bond donors (Lipinski definition) is 1. The first-order valence-electron chi connectivity index (χ1n) is 6.53. The monoisotopic (exact) mass is 289 g/mol. The van der Waals surface area contributed by atoms with Crippen LogP contribution in [0.2, 0.25) is 0 Å². The van der Waals surface area contributed by atoms with Crippen molar-refractivity contribution in [1.29, 1.82) is 0 Å². The average molecular weight is 289 g/mol. The highest BCUT2D eigenvalue weighted by molar-refractivity contribution is 7.71. The second-order valence-corrected chi connectivity index (χ2v) is 5.18. The number of benzene rings is 1. The molecule has 0 aliphatic carbocycles. The van der Waals surface area contributed by atoms with E-state index in [1.807, 2.05) is 23.6 Å². The Kier molecular flexibility index (Phi) is 4.39. The molecule has 2 aromatic rings. The topological polar surface area (TPSA) is 42.8 Å². The lowest BCUT2D eigenvalue weighted by Gasteiger charge is -2.15. The normalized spacial score (nSPS) is 12.2. The van der Waals surface area contributed by atoms with Crippen molar-refractivity contribution in [2.75, 3.05) is 0 Å². The van der Waals surface area contributed by atoms with Crippen molar-refractivity contribution in [3.05, 3.63) is 52.6 Å². The van der Waals surface area contributed by atoms with E-state index in [1.165, 1.54) is 11.1 Å². The van der Waals surface area contributed by atoms with E-state index in [4.69, 9.17) is 17.0 Å². The Bertz CT molecular complexity index is 672. The highest BCUT2D eigenvalue weighted by atomic mass is 32.1. The molecule has 0 radical (unpaired) electrons. The number of nitrogens with one attached hydrogen (secondary N) is 1. The molecule has 4 nitrogen and oxygen atoms in total. The van der Waals surface area contributed by atoms with Gasteiger partial charge in [0.1, 0.15) is 5.75 Å². The predicted octanol–water partition coefficient (Wildman–Crippen LogP) is 3.88. The Labute approximate surface area is 124 Å². The van der Waals surface area contributed by atoms with Gasteiger partial charge in [0.15, 0.2) is 16.7 Å². The predicted molar refractivity (Wildman–Crippen MR) is 82.6 cm³/mol. The van der Waals surface area contributed by atoms with Crippen LogP contribution in [0, 0.1) is 18.6 Å². The second-order valence-electron chi connectivity index (χ2n) is 4.79. The number of aromatic amines is 1. The molecule has 1 atom stereocenters. The van der Waals surface area contributed by atoms with Crippen LogP contribution < -0.4 is 4.74 Å². The number of ether oxygens (including phenoxy) is 1. The summed E-state index contributed by atoms with van der Waals surface area (Å²) in [5.41, 5.74) is 2.46. The molecule has 1 N–H and O–H groups in total. The van der Waals surface area contributed by atoms with Crippen molar-refractivity contribution in [2.45, 2.75) is 33.4 Å². The zero-order chi connectivity index (χ0) is 14.7. The summed E-state index contributed by atoms with van der Waals surface area (Å²) in [6.45, 7) is 10.5. The highest BCUT2D eigenvalue weighted by Gasteiger charge is 2.15. The minimum Gasteiger partial charge on any atom is -0.483 e. The molecule has 0 fully saturated rings. The van der Waals surface area contributed by atoms with Gasteiger partial charge in [-0.05, 0) is 56.2 Å². The molecule has 0 saturated heterocycles. The van der Waals surface area contributed by atoms with Crippen molar-refractivity contribution in [3.8, 4) is 5.75 Å². The minimum absolute atomic E-state index is 0.190. The van der Waals surface area contributed by atoms with Crippen LogP contribution >= 0.6 is 12.2 Å². The van der Waals surface area contributed by atoms with Crippen molar-refractivity contribution in [3.63, 3.8) is 0 Å². The fourth-order valence-electron chi connectivity index (χ4n) is 1.99. The van der Waals surface area contributed by atoms with E-state index < -0.39 is 0 Å². The number of H-pyrrole nitrogens is 1. The molecule has 1 heterocycles. The van der Waals surface area contributed by atoms with Gasteiger partial charge in [-0.2, -0.15) is 5.10 Å². The third kappa shape index (κ3) is 2.99. The summed E-state index contributed by atoms with van der Waals surface area (Å²) >= 11 is 5.20. The third-order valence-electron chi connectivity index (χ3n) is 3.25. The molecular weight excluding hydrogens is 270 g/mol. The van der Waals surface area contributed by atoms with Crippen molar-refractivity contribution < 1.29 is 4.74 Å². The number of nitrogens with zero attached hydrogens (tertiary/aromatic N) is 2. The van der Waals surface area contributed by atoms with Crippen LogP contribution in [-0.2, 0) is 6.54 Å². The van der Waals surface area contributed by atoms with E-state index in [9.17, 15) is 0 Å². The molecule has 0 bridgehead atoms. The zero-order valence-corrected chi connectivity index (χ0v) is 12.8. The molecule has 0 aliphatic heterocycles. The van der Waals surface area contributed by atoms with Gasteiger partial charge in [-0.25, -0.2) is 0 Å². The molecule has 0 spiro atoms. The van der Waals surface area contributed by atoms with Crippen LogP contribution in [0.1, 0.15) is 30.0 Å². The van der Waals surface area contributed by atoms with Crippen LogP contribution in [0.15, 0.2) is 30.9 Å². The van der Waals surface area contributed by atoms with Gasteiger partial charge >= 0.3 is 0 Å². The summed E-state index contributed by atoms with van der Waals surface area (Å²) < 4.78 is 8.41. The third-order valence-corrected chi connectivity index (χ3v) is 3.57. The summed E-state index contributed by atoms with van der Waals surface area (Å²) in [6.07, 6.45) is 1.60. The molecule has 20 heavy (non-hydrogen) atoms. The Morgan fingerprint density at radius 2 is 2.20 bits per heavy atom. The molecule has 1 aromatic heterocycles. The van der Waals surface area contributed by atoms with E-state index in [2.05, 4.69) is 36.7 Å². The quantitative estimate of drug-likeness (QED) is 0.671. The van der Waals surface area contributed by atoms with Crippen LogP contribution in [-0.4, -0.2) is 14.8 Å². The second kappa shape index (κ2) is 6.05. The molecule has 2 rings (SSSR count). The first-order chi connectivity index (χ1) is 9.52. The lowest BCUT2D eigenvalue weighted by molar-refractivity contribution is 0.211. The van der Waals surface area contributed by atoms with Crippen molar-refractivity contribution >= 4 is 12.2 Å². The van der Waals surface area contributed by atoms with Gasteiger partial charge in [0.2, 0.25) is 0 Å². The SMILES string of the molecule is C=CCn1c([C@@H](C)Oc2ccc(C)c(C)c2)n[nH]c1=S. The lowest BCUT2D eigenvalue weighted by Crippen LogP contribution is -2.11. The summed E-state index contributed by atoms with van der Waals surface area (Å²) in [7, 11) is 0. The number of rotatable bonds is 5. The van der Waals surface area contributed by atoms with Gasteiger partial charge in [-0.1, -0.05) is 12.1 Å². The zero-order valence-electron chi connectivity index (χ0n) is 12.0. The largest absolute Gasteiger partial charge is 0.483 e. The smallest absolute Gasteiger partial charge is 0.195 e.